The molecule has 0 aliphatic rings. The molecule has 24 heavy (non-hydrogen) atoms. The van der Waals surface area contributed by atoms with Gasteiger partial charge in [-0.2, -0.15) is 17.9 Å². The summed E-state index contributed by atoms with van der Waals surface area (Å²) in [6.45, 7) is 5.49. The second kappa shape index (κ2) is 6.68. The van der Waals surface area contributed by atoms with Crippen molar-refractivity contribution >= 4 is 17.6 Å². The van der Waals surface area contributed by atoms with E-state index in [1.807, 2.05) is 0 Å². The van der Waals surface area contributed by atoms with Gasteiger partial charge in [0.05, 0.1) is 11.3 Å². The minimum Gasteiger partial charge on any atom is -0.417 e. The zero-order valence-corrected chi connectivity index (χ0v) is 13.8. The Morgan fingerprint density at radius 2 is 2.04 bits per heavy atom. The second-order valence-corrected chi connectivity index (χ2v) is 5.28. The van der Waals surface area contributed by atoms with Gasteiger partial charge in [-0.15, -0.1) is 5.10 Å². The van der Waals surface area contributed by atoms with Gasteiger partial charge in [0.1, 0.15) is 5.02 Å². The lowest BCUT2D eigenvalue weighted by molar-refractivity contribution is -0.137. The fourth-order valence-electron chi connectivity index (χ4n) is 1.82. The van der Waals surface area contributed by atoms with Gasteiger partial charge in [0, 0.05) is 18.3 Å². The Hall–Kier alpha value is -2.29. The second-order valence-electron chi connectivity index (χ2n) is 4.87. The van der Waals surface area contributed by atoms with Crippen molar-refractivity contribution in [2.75, 3.05) is 6.54 Å². The number of halogens is 4. The van der Waals surface area contributed by atoms with Gasteiger partial charge >= 0.3 is 12.2 Å². The van der Waals surface area contributed by atoms with Crippen molar-refractivity contribution in [3.8, 4) is 11.8 Å². The molecule has 0 bridgehead atoms. The minimum absolute atomic E-state index is 0.0351. The van der Waals surface area contributed by atoms with Crippen LogP contribution in [0.2, 0.25) is 5.02 Å². The molecule has 2 heterocycles. The highest BCUT2D eigenvalue weighted by atomic mass is 35.5. The average Bonchev–Trinajstić information content (AvgIpc) is 2.77. The number of aromatic nitrogens is 3. The molecule has 130 valence electrons. The van der Waals surface area contributed by atoms with Gasteiger partial charge in [-0.25, -0.2) is 9.78 Å². The summed E-state index contributed by atoms with van der Waals surface area (Å²) in [5.74, 6) is -0.193. The highest BCUT2D eigenvalue weighted by Gasteiger charge is 2.32. The topological polar surface area (TPSA) is 69.0 Å². The molecule has 0 spiro atoms. The molecule has 2 rings (SSSR count). The Bertz CT molecular complexity index is 774. The number of alkyl halides is 3. The number of ether oxygens (including phenoxy) is 1. The maximum Gasteiger partial charge on any atom is 0.417 e. The van der Waals surface area contributed by atoms with E-state index < -0.39 is 17.8 Å². The first-order valence-corrected chi connectivity index (χ1v) is 7.28. The van der Waals surface area contributed by atoms with Crippen molar-refractivity contribution in [2.45, 2.75) is 26.9 Å². The third kappa shape index (κ3) is 3.61. The first-order valence-electron chi connectivity index (χ1n) is 6.90. The van der Waals surface area contributed by atoms with Crippen molar-refractivity contribution in [3.63, 3.8) is 0 Å². The Balaban J connectivity index is 2.32. The standard InChI is InChI=1S/C14H14ClF3N4O2/c1-4-19-13(23)22-8(3)7(2)11(21-22)24-12-10(15)5-9(6-20-12)14(16,17)18/h5-6H,4H2,1-3H3,(H,19,23). The number of hydrogen-bond donors (Lipinski definition) is 1. The van der Waals surface area contributed by atoms with E-state index in [-0.39, 0.29) is 16.8 Å². The molecule has 10 heteroatoms. The summed E-state index contributed by atoms with van der Waals surface area (Å²) in [5.41, 5.74) is 0.0820. The fraction of sp³-hybridized carbons (Fsp3) is 0.357. The molecule has 0 aliphatic carbocycles. The highest BCUT2D eigenvalue weighted by molar-refractivity contribution is 6.31. The molecule has 0 fully saturated rings. The van der Waals surface area contributed by atoms with Gasteiger partial charge in [-0.3, -0.25) is 0 Å². The zero-order valence-electron chi connectivity index (χ0n) is 13.0. The lowest BCUT2D eigenvalue weighted by Gasteiger charge is -2.09. The molecule has 2 aromatic rings. The van der Waals surface area contributed by atoms with E-state index >= 15 is 0 Å². The summed E-state index contributed by atoms with van der Waals surface area (Å²) in [6, 6.07) is 0.270. The molecule has 1 N–H and O–H groups in total. The molecule has 0 aromatic carbocycles. The number of rotatable bonds is 3. The van der Waals surface area contributed by atoms with Gasteiger partial charge < -0.3 is 10.1 Å². The van der Waals surface area contributed by atoms with Gasteiger partial charge in [0.25, 0.3) is 0 Å². The van der Waals surface area contributed by atoms with Crippen LogP contribution in [0, 0.1) is 13.8 Å². The van der Waals surface area contributed by atoms with Crippen LogP contribution < -0.4 is 10.1 Å². The molecule has 0 saturated heterocycles. The number of nitrogens with zero attached hydrogens (tertiary/aromatic N) is 3. The van der Waals surface area contributed by atoms with Crippen LogP contribution in [0.15, 0.2) is 12.3 Å². The molecule has 6 nitrogen and oxygen atoms in total. The zero-order chi connectivity index (χ0) is 18.1. The van der Waals surface area contributed by atoms with Crippen LogP contribution in [0.1, 0.15) is 23.7 Å². The predicted molar refractivity (Wildman–Crippen MR) is 80.5 cm³/mol. The molecule has 0 unspecified atom stereocenters. The Kier molecular flexibility index (Phi) is 5.02. The summed E-state index contributed by atoms with van der Waals surface area (Å²) in [4.78, 5) is 15.4. The van der Waals surface area contributed by atoms with Crippen LogP contribution in [-0.2, 0) is 6.18 Å². The average molecular weight is 363 g/mol. The number of carbonyl (C=O) groups excluding carboxylic acids is 1. The van der Waals surface area contributed by atoms with Crippen molar-refractivity contribution < 1.29 is 22.7 Å². The third-order valence-corrected chi connectivity index (χ3v) is 3.49. The van der Waals surface area contributed by atoms with E-state index in [9.17, 15) is 18.0 Å². The fourth-order valence-corrected chi connectivity index (χ4v) is 2.03. The van der Waals surface area contributed by atoms with Crippen LogP contribution >= 0.6 is 11.6 Å². The lowest BCUT2D eigenvalue weighted by Crippen LogP contribution is -2.29. The minimum atomic E-state index is -4.55. The van der Waals surface area contributed by atoms with E-state index in [0.29, 0.717) is 30.1 Å². The number of carbonyl (C=O) groups is 1. The molecular formula is C14H14ClF3N4O2. The van der Waals surface area contributed by atoms with Crippen molar-refractivity contribution in [3.05, 3.63) is 34.1 Å². The Morgan fingerprint density at radius 1 is 1.38 bits per heavy atom. The Labute approximate surface area is 140 Å². The maximum absolute atomic E-state index is 12.6. The van der Waals surface area contributed by atoms with Crippen LogP contribution in [0.4, 0.5) is 18.0 Å². The monoisotopic (exact) mass is 362 g/mol. The van der Waals surface area contributed by atoms with E-state index in [2.05, 4.69) is 15.4 Å². The van der Waals surface area contributed by atoms with E-state index in [1.54, 1.807) is 20.8 Å². The predicted octanol–water partition coefficient (Wildman–Crippen LogP) is 3.94. The number of nitrogens with one attached hydrogen (secondary N) is 1. The summed E-state index contributed by atoms with van der Waals surface area (Å²) >= 11 is 5.80. The third-order valence-electron chi connectivity index (χ3n) is 3.22. The first kappa shape index (κ1) is 18.1. The van der Waals surface area contributed by atoms with Crippen molar-refractivity contribution in [1.29, 1.82) is 0 Å². The van der Waals surface area contributed by atoms with Crippen molar-refractivity contribution in [2.24, 2.45) is 0 Å². The molecule has 2 aromatic heterocycles. The summed E-state index contributed by atoms with van der Waals surface area (Å²) in [5, 5.41) is 6.27. The molecule has 0 aliphatic heterocycles. The summed E-state index contributed by atoms with van der Waals surface area (Å²) in [6.07, 6.45) is -3.94. The van der Waals surface area contributed by atoms with Crippen molar-refractivity contribution in [1.82, 2.24) is 20.1 Å². The van der Waals surface area contributed by atoms with E-state index in [1.165, 1.54) is 0 Å². The van der Waals surface area contributed by atoms with Crippen LogP contribution in [0.5, 0.6) is 11.8 Å². The normalized spacial score (nSPS) is 11.5. The Morgan fingerprint density at radius 3 is 2.58 bits per heavy atom. The van der Waals surface area contributed by atoms with Crippen LogP contribution in [0.25, 0.3) is 0 Å². The summed E-state index contributed by atoms with van der Waals surface area (Å²) in [7, 11) is 0. The van der Waals surface area contributed by atoms with Gasteiger partial charge in [0.2, 0.25) is 11.8 Å². The maximum atomic E-state index is 12.6. The molecule has 0 saturated carbocycles. The number of hydrogen-bond acceptors (Lipinski definition) is 4. The number of amides is 1. The molecule has 1 amide bonds. The largest absolute Gasteiger partial charge is 0.417 e. The van der Waals surface area contributed by atoms with E-state index in [4.69, 9.17) is 16.3 Å². The van der Waals surface area contributed by atoms with Gasteiger partial charge in [-0.05, 0) is 26.8 Å². The van der Waals surface area contributed by atoms with E-state index in [0.717, 1.165) is 4.68 Å². The molecule has 0 radical (unpaired) electrons. The van der Waals surface area contributed by atoms with Gasteiger partial charge in [0.15, 0.2) is 0 Å². The van der Waals surface area contributed by atoms with Gasteiger partial charge in [-0.1, -0.05) is 11.6 Å². The smallest absolute Gasteiger partial charge is 0.417 e. The molecular weight excluding hydrogens is 349 g/mol. The van der Waals surface area contributed by atoms with Crippen LogP contribution in [0.3, 0.4) is 0 Å². The quantitative estimate of drug-likeness (QED) is 0.898. The van der Waals surface area contributed by atoms with Crippen LogP contribution in [-0.4, -0.2) is 27.3 Å². The SMILES string of the molecule is CCNC(=O)n1nc(Oc2ncc(C(F)(F)F)cc2Cl)c(C)c1C. The molecule has 0 atom stereocenters. The lowest BCUT2D eigenvalue weighted by atomic mass is 10.3. The highest BCUT2D eigenvalue weighted by Crippen LogP contribution is 2.35. The number of pyridine rings is 1. The summed E-state index contributed by atoms with van der Waals surface area (Å²) < 4.78 is 44.3. The first-order chi connectivity index (χ1) is 11.1.